The molecule has 0 spiro atoms. The van der Waals surface area contributed by atoms with E-state index in [0.29, 0.717) is 0 Å². The average molecular weight is 738 g/mol. The number of alkyl halides is 14. The Morgan fingerprint density at radius 1 is 0.468 bits per heavy atom. The molecule has 0 saturated heterocycles. The van der Waals surface area contributed by atoms with Crippen molar-refractivity contribution in [3.05, 3.63) is 0 Å². The Balaban J connectivity index is 4.49. The van der Waals surface area contributed by atoms with Crippen LogP contribution in [-0.4, -0.2) is 135 Å². The van der Waals surface area contributed by atoms with Gasteiger partial charge in [-0.3, -0.25) is 0 Å². The predicted molar refractivity (Wildman–Crippen MR) is 121 cm³/mol. The first-order valence-corrected chi connectivity index (χ1v) is 12.8. The molecular formula is C22H32F14O11. The summed E-state index contributed by atoms with van der Waals surface area (Å²) in [6.07, 6.45) is -44.9. The van der Waals surface area contributed by atoms with Gasteiger partial charge in [0.15, 0.2) is 0 Å². The first kappa shape index (κ1) is 45.6. The lowest BCUT2D eigenvalue weighted by atomic mass is 10.1. The summed E-state index contributed by atoms with van der Waals surface area (Å²) in [6.45, 7) is -10.4. The molecular weight excluding hydrogens is 706 g/mol. The van der Waals surface area contributed by atoms with Gasteiger partial charge in [0.25, 0.3) is 0 Å². The van der Waals surface area contributed by atoms with E-state index in [9.17, 15) is 71.7 Å². The molecule has 25 heteroatoms. The molecule has 0 heterocycles. The maximum absolute atomic E-state index is 13.7. The number of unbranched alkanes of at least 4 members (excludes halogenated alkanes) is 1. The van der Waals surface area contributed by atoms with Crippen molar-refractivity contribution >= 4 is 0 Å². The van der Waals surface area contributed by atoms with Gasteiger partial charge in [0.05, 0.1) is 38.6 Å². The van der Waals surface area contributed by atoms with Crippen LogP contribution >= 0.6 is 0 Å². The molecule has 11 nitrogen and oxygen atoms in total. The Bertz CT molecular complexity index is 887. The third-order valence-corrected chi connectivity index (χ3v) is 5.04. The van der Waals surface area contributed by atoms with Gasteiger partial charge >= 0.3 is 42.8 Å². The summed E-state index contributed by atoms with van der Waals surface area (Å²) in [5.41, 5.74) is 0. The number of hydrogen-bond donors (Lipinski definition) is 4. The Kier molecular flexibility index (Phi) is 18.0. The van der Waals surface area contributed by atoms with Crippen LogP contribution < -0.4 is 0 Å². The zero-order valence-electron chi connectivity index (χ0n) is 23.9. The molecule has 3 unspecified atom stereocenters. The lowest BCUT2D eigenvalue weighted by Gasteiger charge is -2.31. The number of hydrogen-bond acceptors (Lipinski definition) is 11. The molecule has 0 rings (SSSR count). The van der Waals surface area contributed by atoms with Gasteiger partial charge in [0.1, 0.15) is 25.9 Å². The smallest absolute Gasteiger partial charge is 0.394 e. The monoisotopic (exact) mass is 738 g/mol. The number of rotatable bonds is 27. The first-order valence-electron chi connectivity index (χ1n) is 12.8. The second-order valence-electron chi connectivity index (χ2n) is 9.46. The van der Waals surface area contributed by atoms with Gasteiger partial charge in [-0.1, -0.05) is 12.8 Å². The molecule has 0 bridgehead atoms. The predicted octanol–water partition coefficient (Wildman–Crippen LogP) is 3.52. The second kappa shape index (κ2) is 18.5. The summed E-state index contributed by atoms with van der Waals surface area (Å²) in [7, 11) is 0.101. The minimum Gasteiger partial charge on any atom is -0.394 e. The number of methoxy groups -OCH3 is 1. The van der Waals surface area contributed by atoms with E-state index < -0.39 is 107 Å². The van der Waals surface area contributed by atoms with Gasteiger partial charge in [-0.2, -0.15) is 61.5 Å². The van der Waals surface area contributed by atoms with Gasteiger partial charge in [0, 0.05) is 7.11 Å². The van der Waals surface area contributed by atoms with Crippen molar-refractivity contribution in [2.75, 3.05) is 53.4 Å². The highest BCUT2D eigenvalue weighted by molar-refractivity contribution is 4.73. The second-order valence-corrected chi connectivity index (χ2v) is 9.46. The Labute approximate surface area is 256 Å². The Hall–Kier alpha value is -1.42. The molecule has 0 aliphatic heterocycles. The van der Waals surface area contributed by atoms with Crippen LogP contribution in [-0.2, 0) is 33.2 Å². The number of aliphatic hydroxyl groups is 4. The van der Waals surface area contributed by atoms with Crippen LogP contribution in [0.5, 0.6) is 0 Å². The normalized spacial score (nSPS) is 16.4. The van der Waals surface area contributed by atoms with E-state index in [1.165, 1.54) is 0 Å². The molecule has 0 amide bonds. The molecule has 0 aliphatic carbocycles. The van der Waals surface area contributed by atoms with Gasteiger partial charge in [0.2, 0.25) is 0 Å². The summed E-state index contributed by atoms with van der Waals surface area (Å²) in [4.78, 5) is 0. The summed E-state index contributed by atoms with van der Waals surface area (Å²) in [5, 5.41) is 36.7. The van der Waals surface area contributed by atoms with Gasteiger partial charge in [-0.25, -0.2) is 14.2 Å². The zero-order chi connectivity index (χ0) is 37.0. The quantitative estimate of drug-likeness (QED) is 0.0726. The van der Waals surface area contributed by atoms with E-state index in [0.717, 1.165) is 0 Å². The maximum Gasteiger partial charge on any atom is 0.453 e. The summed E-state index contributed by atoms with van der Waals surface area (Å²) in [5.74, 6) is 0. The number of ether oxygens (including phenoxy) is 7. The van der Waals surface area contributed by atoms with Gasteiger partial charge < -0.3 is 39.4 Å². The molecule has 0 aromatic carbocycles. The van der Waals surface area contributed by atoms with Crippen LogP contribution in [0.1, 0.15) is 25.7 Å². The highest BCUT2D eigenvalue weighted by Gasteiger charge is 2.67. The standard InChI is InChI=1S/C22H32F14O11/c1-41-19(29,30)20(31,32)45-16(23,24)10-42-7-13(38)4-2-3-5-14(39)8-43-11-17(25,26)46-21(33,34)22(35,36)47-18(27,28)12-44-9-15(40)6-37/h13-15,37-40H,2-12H2,1H3. The van der Waals surface area contributed by atoms with Crippen LogP contribution in [0.2, 0.25) is 0 Å². The summed E-state index contributed by atoms with van der Waals surface area (Å²) >= 11 is 0. The fourth-order valence-electron chi connectivity index (χ4n) is 2.87. The molecule has 0 aromatic rings. The minimum atomic E-state index is -6.39. The SMILES string of the molecule is COC(F)(F)C(F)(F)OC(F)(F)COCC(O)CCCCC(O)COCC(F)(F)OC(F)(F)C(F)(F)OC(F)(F)COCC(O)CO. The molecule has 0 radical (unpaired) electrons. The van der Waals surface area contributed by atoms with Crippen molar-refractivity contribution in [3.8, 4) is 0 Å². The topological polar surface area (TPSA) is 146 Å². The van der Waals surface area contributed by atoms with Crippen molar-refractivity contribution in [2.24, 2.45) is 0 Å². The first-order chi connectivity index (χ1) is 21.1. The molecule has 0 saturated carbocycles. The summed E-state index contributed by atoms with van der Waals surface area (Å²) < 4.78 is 210. The molecule has 3 atom stereocenters. The largest absolute Gasteiger partial charge is 0.453 e. The molecule has 0 fully saturated rings. The van der Waals surface area contributed by atoms with Crippen LogP contribution in [0.25, 0.3) is 0 Å². The highest BCUT2D eigenvalue weighted by atomic mass is 19.3. The number of halogens is 14. The van der Waals surface area contributed by atoms with Crippen molar-refractivity contribution in [1.82, 2.24) is 0 Å². The maximum atomic E-state index is 13.7. The molecule has 4 N–H and O–H groups in total. The summed E-state index contributed by atoms with van der Waals surface area (Å²) in [6, 6.07) is 0. The lowest BCUT2D eigenvalue weighted by molar-refractivity contribution is -0.516. The Morgan fingerprint density at radius 2 is 0.745 bits per heavy atom. The lowest BCUT2D eigenvalue weighted by Crippen LogP contribution is -2.53. The molecule has 284 valence electrons. The zero-order valence-corrected chi connectivity index (χ0v) is 23.9. The number of aliphatic hydroxyl groups excluding tert-OH is 4. The molecule has 0 aliphatic rings. The van der Waals surface area contributed by atoms with Crippen molar-refractivity contribution in [1.29, 1.82) is 0 Å². The van der Waals surface area contributed by atoms with Crippen molar-refractivity contribution in [3.63, 3.8) is 0 Å². The Morgan fingerprint density at radius 3 is 1.02 bits per heavy atom. The van der Waals surface area contributed by atoms with Crippen LogP contribution in [0, 0.1) is 0 Å². The average Bonchev–Trinajstić information content (AvgIpc) is 2.88. The van der Waals surface area contributed by atoms with Gasteiger partial charge in [-0.05, 0) is 12.8 Å². The fraction of sp³-hybridized carbons (Fsp3) is 1.00. The highest BCUT2D eigenvalue weighted by Crippen LogP contribution is 2.43. The van der Waals surface area contributed by atoms with E-state index >= 15 is 0 Å². The van der Waals surface area contributed by atoms with E-state index in [1.807, 2.05) is 0 Å². The van der Waals surface area contributed by atoms with Crippen LogP contribution in [0.4, 0.5) is 61.5 Å². The third kappa shape index (κ3) is 17.7. The van der Waals surface area contributed by atoms with Crippen molar-refractivity contribution in [2.45, 2.75) is 86.8 Å². The van der Waals surface area contributed by atoms with Gasteiger partial charge in [-0.15, -0.1) is 0 Å². The molecule has 47 heavy (non-hydrogen) atoms. The van der Waals surface area contributed by atoms with E-state index in [4.69, 9.17) is 10.2 Å². The van der Waals surface area contributed by atoms with E-state index in [1.54, 1.807) is 0 Å². The molecule has 0 aromatic heterocycles. The van der Waals surface area contributed by atoms with Crippen LogP contribution in [0.15, 0.2) is 0 Å². The van der Waals surface area contributed by atoms with E-state index in [-0.39, 0.29) is 32.8 Å². The minimum absolute atomic E-state index is 0.0368. The third-order valence-electron chi connectivity index (χ3n) is 5.04. The van der Waals surface area contributed by atoms with Crippen molar-refractivity contribution < 1.29 is 115 Å². The fourth-order valence-corrected chi connectivity index (χ4v) is 2.87. The van der Waals surface area contributed by atoms with E-state index in [2.05, 4.69) is 33.2 Å². The van der Waals surface area contributed by atoms with Crippen LogP contribution in [0.3, 0.4) is 0 Å².